The van der Waals surface area contributed by atoms with Crippen molar-refractivity contribution in [3.8, 4) is 5.75 Å². The van der Waals surface area contributed by atoms with E-state index in [9.17, 15) is 14.7 Å². The van der Waals surface area contributed by atoms with E-state index in [1.807, 2.05) is 31.2 Å². The van der Waals surface area contributed by atoms with Crippen molar-refractivity contribution in [2.75, 3.05) is 4.90 Å². The molecule has 186 valence electrons. The second-order valence-electron chi connectivity index (χ2n) is 8.57. The Hall–Kier alpha value is -4.01. The molecule has 1 saturated heterocycles. The number of carbonyl (C=O) groups is 2. The van der Waals surface area contributed by atoms with E-state index in [4.69, 9.17) is 16.3 Å². The van der Waals surface area contributed by atoms with Crippen LogP contribution in [0, 0.1) is 13.8 Å². The Bertz CT molecular complexity index is 1530. The van der Waals surface area contributed by atoms with Gasteiger partial charge in [-0.3, -0.25) is 14.5 Å². The van der Waals surface area contributed by atoms with Crippen LogP contribution in [0.5, 0.6) is 5.75 Å². The minimum Gasteiger partial charge on any atom is -0.507 e. The van der Waals surface area contributed by atoms with Gasteiger partial charge in [-0.05, 0) is 66.9 Å². The van der Waals surface area contributed by atoms with Crippen molar-refractivity contribution >= 4 is 45.5 Å². The number of ketones is 1. The first-order chi connectivity index (χ1) is 17.8. The summed E-state index contributed by atoms with van der Waals surface area (Å²) in [6.07, 6.45) is 0. The minimum absolute atomic E-state index is 0.0475. The molecule has 1 aliphatic rings. The molecular weight excluding hydrogens is 510 g/mol. The molecule has 1 fully saturated rings. The number of aromatic nitrogens is 2. The van der Waals surface area contributed by atoms with Gasteiger partial charge in [0.2, 0.25) is 5.13 Å². The number of benzene rings is 3. The largest absolute Gasteiger partial charge is 0.507 e. The zero-order valence-corrected chi connectivity index (χ0v) is 21.6. The average Bonchev–Trinajstić information content (AvgIpc) is 3.43. The summed E-state index contributed by atoms with van der Waals surface area (Å²) in [7, 11) is 0. The van der Waals surface area contributed by atoms with Crippen LogP contribution in [0.1, 0.15) is 33.3 Å². The van der Waals surface area contributed by atoms with Crippen LogP contribution < -0.4 is 9.64 Å². The highest BCUT2D eigenvalue weighted by atomic mass is 35.5. The molecule has 0 saturated carbocycles. The molecule has 0 spiro atoms. The van der Waals surface area contributed by atoms with E-state index in [1.54, 1.807) is 55.5 Å². The Kier molecular flexibility index (Phi) is 6.78. The van der Waals surface area contributed by atoms with Crippen molar-refractivity contribution in [1.82, 2.24) is 10.2 Å². The maximum Gasteiger partial charge on any atom is 0.301 e. The van der Waals surface area contributed by atoms with E-state index in [0.717, 1.165) is 11.1 Å². The van der Waals surface area contributed by atoms with Gasteiger partial charge in [-0.25, -0.2) is 0 Å². The molecular formula is C28H22ClN3O4S. The van der Waals surface area contributed by atoms with Gasteiger partial charge in [-0.15, -0.1) is 10.2 Å². The van der Waals surface area contributed by atoms with Gasteiger partial charge < -0.3 is 9.84 Å². The van der Waals surface area contributed by atoms with Crippen LogP contribution in [0.2, 0.25) is 5.02 Å². The number of aryl methyl sites for hydroxylation is 2. The third kappa shape index (κ3) is 4.85. The molecule has 0 bridgehead atoms. The SMILES string of the molecule is Cc1nnc(N2C(=O)C(=O)/C(=C(\O)c3ccc(OCc4ccccc4C)cc3)C2c2cccc(Cl)c2)s1. The fraction of sp³-hybridized carbons (Fsp3) is 0.143. The van der Waals surface area contributed by atoms with Gasteiger partial charge in [0.15, 0.2) is 0 Å². The Balaban J connectivity index is 1.51. The number of hydrogen-bond donors (Lipinski definition) is 1. The fourth-order valence-corrected chi connectivity index (χ4v) is 5.12. The van der Waals surface area contributed by atoms with Crippen LogP contribution in [0.25, 0.3) is 5.76 Å². The van der Waals surface area contributed by atoms with Crippen molar-refractivity contribution in [3.63, 3.8) is 0 Å². The lowest BCUT2D eigenvalue weighted by molar-refractivity contribution is -0.132. The summed E-state index contributed by atoms with van der Waals surface area (Å²) in [5.41, 5.74) is 3.10. The summed E-state index contributed by atoms with van der Waals surface area (Å²) in [4.78, 5) is 27.6. The van der Waals surface area contributed by atoms with E-state index in [-0.39, 0.29) is 16.5 Å². The smallest absolute Gasteiger partial charge is 0.301 e. The first-order valence-corrected chi connectivity index (χ1v) is 12.7. The molecule has 1 amide bonds. The molecule has 3 aromatic carbocycles. The molecule has 7 nitrogen and oxygen atoms in total. The van der Waals surface area contributed by atoms with Gasteiger partial charge >= 0.3 is 5.91 Å². The Labute approximate surface area is 222 Å². The zero-order valence-electron chi connectivity index (χ0n) is 20.0. The standard InChI is InChI=1S/C28H22ClN3O4S/c1-16-6-3-4-7-20(16)15-36-22-12-10-18(11-13-22)25(33)23-24(19-8-5-9-21(29)14-19)32(27(35)26(23)34)28-31-30-17(2)37-28/h3-14,24,33H,15H2,1-2H3/b25-23-. The van der Waals surface area contributed by atoms with Crippen LogP contribution in [-0.4, -0.2) is 27.0 Å². The lowest BCUT2D eigenvalue weighted by Crippen LogP contribution is -2.29. The van der Waals surface area contributed by atoms with Crippen LogP contribution in [0.3, 0.4) is 0 Å². The highest BCUT2D eigenvalue weighted by molar-refractivity contribution is 7.15. The maximum atomic E-state index is 13.2. The molecule has 1 aromatic heterocycles. The predicted molar refractivity (Wildman–Crippen MR) is 143 cm³/mol. The molecule has 0 radical (unpaired) electrons. The van der Waals surface area contributed by atoms with Crippen LogP contribution in [-0.2, 0) is 16.2 Å². The molecule has 37 heavy (non-hydrogen) atoms. The number of hydrogen-bond acceptors (Lipinski definition) is 7. The van der Waals surface area contributed by atoms with E-state index >= 15 is 0 Å². The number of carbonyl (C=O) groups excluding carboxylic acids is 2. The molecule has 4 aromatic rings. The third-order valence-electron chi connectivity index (χ3n) is 6.11. The van der Waals surface area contributed by atoms with Gasteiger partial charge in [-0.1, -0.05) is 59.3 Å². The average molecular weight is 532 g/mol. The second-order valence-corrected chi connectivity index (χ2v) is 10.2. The summed E-state index contributed by atoms with van der Waals surface area (Å²) in [5, 5.41) is 20.7. The van der Waals surface area contributed by atoms with Crippen molar-refractivity contribution in [2.24, 2.45) is 0 Å². The molecule has 9 heteroatoms. The fourth-order valence-electron chi connectivity index (χ4n) is 4.20. The molecule has 1 unspecified atom stereocenters. The Morgan fingerprint density at radius 3 is 2.46 bits per heavy atom. The van der Waals surface area contributed by atoms with Gasteiger partial charge in [-0.2, -0.15) is 0 Å². The lowest BCUT2D eigenvalue weighted by atomic mass is 9.95. The van der Waals surface area contributed by atoms with Crippen molar-refractivity contribution in [1.29, 1.82) is 0 Å². The van der Waals surface area contributed by atoms with Gasteiger partial charge in [0.25, 0.3) is 5.78 Å². The predicted octanol–water partition coefficient (Wildman–Crippen LogP) is 6.01. The molecule has 1 aliphatic heterocycles. The van der Waals surface area contributed by atoms with Crippen molar-refractivity contribution < 1.29 is 19.4 Å². The number of amides is 1. The van der Waals surface area contributed by atoms with Gasteiger partial charge in [0, 0.05) is 10.6 Å². The number of anilines is 1. The Morgan fingerprint density at radius 1 is 1.03 bits per heavy atom. The zero-order chi connectivity index (χ0) is 26.1. The summed E-state index contributed by atoms with van der Waals surface area (Å²) in [5.74, 6) is -1.29. The number of aliphatic hydroxyl groups excluding tert-OH is 1. The van der Waals surface area contributed by atoms with Gasteiger partial charge in [0.1, 0.15) is 23.1 Å². The van der Waals surface area contributed by atoms with Crippen molar-refractivity contribution in [3.05, 3.63) is 111 Å². The number of halogens is 1. The number of aliphatic hydroxyl groups is 1. The second kappa shape index (κ2) is 10.2. The monoisotopic (exact) mass is 531 g/mol. The lowest BCUT2D eigenvalue weighted by Gasteiger charge is -2.22. The van der Waals surface area contributed by atoms with Crippen LogP contribution >= 0.6 is 22.9 Å². The number of nitrogens with zero attached hydrogens (tertiary/aromatic N) is 3. The van der Waals surface area contributed by atoms with Gasteiger partial charge in [0.05, 0.1) is 11.6 Å². The maximum absolute atomic E-state index is 13.2. The summed E-state index contributed by atoms with van der Waals surface area (Å²) in [6.45, 7) is 4.18. The quantitative estimate of drug-likeness (QED) is 0.186. The van der Waals surface area contributed by atoms with E-state index in [0.29, 0.717) is 33.5 Å². The molecule has 1 atom stereocenters. The van der Waals surface area contributed by atoms with E-state index in [2.05, 4.69) is 10.2 Å². The number of Topliss-reactive ketones (excluding diaryl/α,β-unsaturated/α-hetero) is 1. The van der Waals surface area contributed by atoms with E-state index in [1.165, 1.54) is 16.2 Å². The van der Waals surface area contributed by atoms with Crippen molar-refractivity contribution in [2.45, 2.75) is 26.5 Å². The summed E-state index contributed by atoms with van der Waals surface area (Å²) in [6, 6.07) is 20.6. The summed E-state index contributed by atoms with van der Waals surface area (Å²) < 4.78 is 5.90. The van der Waals surface area contributed by atoms with Crippen LogP contribution in [0.15, 0.2) is 78.4 Å². The highest BCUT2D eigenvalue weighted by Crippen LogP contribution is 2.43. The third-order valence-corrected chi connectivity index (χ3v) is 7.19. The molecule has 1 N–H and O–H groups in total. The van der Waals surface area contributed by atoms with Crippen LogP contribution in [0.4, 0.5) is 5.13 Å². The number of rotatable bonds is 6. The first-order valence-electron chi connectivity index (χ1n) is 11.5. The Morgan fingerprint density at radius 2 is 1.78 bits per heavy atom. The molecule has 5 rings (SSSR count). The first kappa shape index (κ1) is 24.7. The normalized spacial score (nSPS) is 16.8. The molecule has 0 aliphatic carbocycles. The molecule has 2 heterocycles. The topological polar surface area (TPSA) is 92.6 Å². The number of ether oxygens (including phenoxy) is 1. The van der Waals surface area contributed by atoms with E-state index < -0.39 is 17.7 Å². The highest BCUT2D eigenvalue weighted by Gasteiger charge is 2.48. The minimum atomic E-state index is -0.914. The summed E-state index contributed by atoms with van der Waals surface area (Å²) >= 11 is 7.42.